The average Bonchev–Trinajstić information content (AvgIpc) is 2.55. The van der Waals surface area contributed by atoms with E-state index in [2.05, 4.69) is 42.5 Å². The lowest BCUT2D eigenvalue weighted by Gasteiger charge is -2.37. The van der Waals surface area contributed by atoms with Crippen molar-refractivity contribution in [1.82, 2.24) is 0 Å². The van der Waals surface area contributed by atoms with E-state index in [1.807, 2.05) is 0 Å². The molecule has 1 heterocycles. The molecule has 1 aromatic heterocycles. The first kappa shape index (κ1) is 12.2. The zero-order valence-corrected chi connectivity index (χ0v) is 12.5. The van der Waals surface area contributed by atoms with Crippen LogP contribution in [0.25, 0.3) is 0 Å². The van der Waals surface area contributed by atoms with Gasteiger partial charge in [0, 0.05) is 14.2 Å². The van der Waals surface area contributed by atoms with Gasteiger partial charge in [0.1, 0.15) is 11.1 Å². The zero-order chi connectivity index (χ0) is 11.9. The highest BCUT2D eigenvalue weighted by Crippen LogP contribution is 2.48. The number of anilines is 1. The third kappa shape index (κ3) is 1.65. The number of fused-ring (bicyclic) bond motifs is 1. The van der Waals surface area contributed by atoms with Crippen molar-refractivity contribution in [3.8, 4) is 6.07 Å². The van der Waals surface area contributed by atoms with Crippen LogP contribution in [-0.4, -0.2) is 3.92 Å². The molecule has 0 bridgehead atoms. The van der Waals surface area contributed by atoms with Crippen molar-refractivity contribution in [2.75, 3.05) is 5.73 Å². The smallest absolute Gasteiger partial charge is 0.104 e. The molecular weight excluding hydrogens is 331 g/mol. The Morgan fingerprint density at radius 3 is 2.88 bits per heavy atom. The lowest BCUT2D eigenvalue weighted by Crippen LogP contribution is -2.34. The largest absolute Gasteiger partial charge is 0.389 e. The van der Waals surface area contributed by atoms with Gasteiger partial charge in [0.2, 0.25) is 0 Å². The van der Waals surface area contributed by atoms with Gasteiger partial charge in [-0.05, 0) is 24.8 Å². The van der Waals surface area contributed by atoms with Crippen LogP contribution in [0.1, 0.15) is 42.7 Å². The van der Waals surface area contributed by atoms with Gasteiger partial charge in [-0.25, -0.2) is 0 Å². The molecule has 0 fully saturated rings. The fourth-order valence-electron chi connectivity index (χ4n) is 2.53. The van der Waals surface area contributed by atoms with Gasteiger partial charge in [-0.1, -0.05) is 36.4 Å². The molecule has 0 saturated heterocycles. The van der Waals surface area contributed by atoms with Crippen molar-refractivity contribution in [2.24, 2.45) is 0 Å². The van der Waals surface area contributed by atoms with Crippen molar-refractivity contribution < 1.29 is 0 Å². The summed E-state index contributed by atoms with van der Waals surface area (Å²) in [7, 11) is 0. The molecule has 1 aromatic rings. The summed E-state index contributed by atoms with van der Waals surface area (Å²) in [6.07, 6.45) is 3.46. The van der Waals surface area contributed by atoms with Gasteiger partial charge in [0.15, 0.2) is 0 Å². The predicted octanol–water partition coefficient (Wildman–Crippen LogP) is 3.62. The number of hydrogen-bond donors (Lipinski definition) is 1. The minimum absolute atomic E-state index is 0.118. The van der Waals surface area contributed by atoms with Crippen molar-refractivity contribution in [2.45, 2.75) is 42.4 Å². The van der Waals surface area contributed by atoms with Crippen LogP contribution < -0.4 is 5.73 Å². The van der Waals surface area contributed by atoms with Crippen LogP contribution in [-0.2, 0) is 11.8 Å². The topological polar surface area (TPSA) is 49.8 Å². The molecule has 0 aliphatic heterocycles. The summed E-state index contributed by atoms with van der Waals surface area (Å²) in [5.74, 6) is 0. The van der Waals surface area contributed by atoms with Crippen LogP contribution in [0.4, 0.5) is 5.00 Å². The predicted molar refractivity (Wildman–Crippen MR) is 77.2 cm³/mol. The van der Waals surface area contributed by atoms with Crippen molar-refractivity contribution in [3.05, 3.63) is 16.0 Å². The summed E-state index contributed by atoms with van der Waals surface area (Å²) in [4.78, 5) is 1.34. The maximum absolute atomic E-state index is 9.25. The number of alkyl halides is 1. The highest BCUT2D eigenvalue weighted by Gasteiger charge is 2.39. The number of nitrogens with two attached hydrogens (primary N) is 1. The summed E-state index contributed by atoms with van der Waals surface area (Å²) in [5.41, 5.74) is 8.05. The summed E-state index contributed by atoms with van der Waals surface area (Å²) >= 11 is 4.09. The van der Waals surface area contributed by atoms with Gasteiger partial charge in [0.05, 0.1) is 5.56 Å². The minimum atomic E-state index is 0.118. The second kappa shape index (κ2) is 4.19. The Hall–Kier alpha value is -0.280. The van der Waals surface area contributed by atoms with E-state index < -0.39 is 0 Å². The Bertz CT molecular complexity index is 458. The van der Waals surface area contributed by atoms with E-state index in [-0.39, 0.29) is 5.41 Å². The highest BCUT2D eigenvalue weighted by molar-refractivity contribution is 14.1. The van der Waals surface area contributed by atoms with Gasteiger partial charge < -0.3 is 5.73 Å². The van der Waals surface area contributed by atoms with E-state index in [1.165, 1.54) is 16.9 Å². The SMILES string of the molecule is CC(I)[C@]1(C)CCCc2sc(N)c(C#N)c21. The van der Waals surface area contributed by atoms with Gasteiger partial charge >= 0.3 is 0 Å². The van der Waals surface area contributed by atoms with E-state index in [0.29, 0.717) is 8.93 Å². The van der Waals surface area contributed by atoms with Crippen molar-refractivity contribution in [1.29, 1.82) is 5.26 Å². The first-order valence-electron chi connectivity index (χ1n) is 5.46. The fraction of sp³-hybridized carbons (Fsp3) is 0.583. The van der Waals surface area contributed by atoms with Gasteiger partial charge in [0.25, 0.3) is 0 Å². The van der Waals surface area contributed by atoms with Crippen LogP contribution in [0.5, 0.6) is 0 Å². The van der Waals surface area contributed by atoms with Crippen LogP contribution in [0.2, 0.25) is 0 Å². The second-order valence-corrected chi connectivity index (χ2v) is 7.64. The Morgan fingerprint density at radius 1 is 1.62 bits per heavy atom. The first-order valence-corrected chi connectivity index (χ1v) is 7.52. The number of nitrogens with zero attached hydrogens (tertiary/aromatic N) is 1. The molecule has 0 spiro atoms. The Balaban J connectivity index is 2.66. The molecule has 0 saturated carbocycles. The van der Waals surface area contributed by atoms with Crippen LogP contribution in [0, 0.1) is 11.3 Å². The van der Waals surface area contributed by atoms with E-state index in [0.717, 1.165) is 18.4 Å². The molecule has 2 nitrogen and oxygen atoms in total. The van der Waals surface area contributed by atoms with E-state index in [9.17, 15) is 5.26 Å². The van der Waals surface area contributed by atoms with Crippen molar-refractivity contribution in [3.63, 3.8) is 0 Å². The maximum atomic E-state index is 9.25. The summed E-state index contributed by atoms with van der Waals surface area (Å²) < 4.78 is 0.519. The van der Waals surface area contributed by atoms with Gasteiger partial charge in [-0.3, -0.25) is 0 Å². The monoisotopic (exact) mass is 346 g/mol. The first-order chi connectivity index (χ1) is 7.50. The Labute approximate surface area is 114 Å². The molecule has 16 heavy (non-hydrogen) atoms. The molecule has 0 aromatic carbocycles. The molecule has 1 aliphatic carbocycles. The third-order valence-electron chi connectivity index (χ3n) is 3.67. The van der Waals surface area contributed by atoms with Gasteiger partial charge in [-0.15, -0.1) is 11.3 Å². The second-order valence-electron chi connectivity index (χ2n) is 4.64. The fourth-order valence-corrected chi connectivity index (χ4v) is 4.35. The van der Waals surface area contributed by atoms with Crippen LogP contribution >= 0.6 is 33.9 Å². The Kier molecular flexibility index (Phi) is 3.19. The number of halogens is 1. The molecule has 2 atom stereocenters. The molecule has 0 amide bonds. The van der Waals surface area contributed by atoms with E-state index >= 15 is 0 Å². The number of nitriles is 1. The normalized spacial score (nSPS) is 25.9. The highest BCUT2D eigenvalue weighted by atomic mass is 127. The standard InChI is InChI=1S/C12H15IN2S/c1-7(13)12(2)5-3-4-9-10(12)8(6-14)11(15)16-9/h7H,3-5,15H2,1-2H3/t7?,12-/m0/s1. The summed E-state index contributed by atoms with van der Waals surface area (Å²) in [5, 5.41) is 9.96. The molecule has 2 N–H and O–H groups in total. The molecule has 86 valence electrons. The number of thiophene rings is 1. The number of rotatable bonds is 1. The maximum Gasteiger partial charge on any atom is 0.104 e. The third-order valence-corrected chi connectivity index (χ3v) is 6.12. The zero-order valence-electron chi connectivity index (χ0n) is 9.51. The minimum Gasteiger partial charge on any atom is -0.389 e. The van der Waals surface area contributed by atoms with Crippen LogP contribution in [0.3, 0.4) is 0 Å². The lowest BCUT2D eigenvalue weighted by molar-refractivity contribution is 0.403. The van der Waals surface area contributed by atoms with E-state index in [4.69, 9.17) is 5.73 Å². The van der Waals surface area contributed by atoms with E-state index in [1.54, 1.807) is 11.3 Å². The average molecular weight is 346 g/mol. The summed E-state index contributed by atoms with van der Waals surface area (Å²) in [6.45, 7) is 4.50. The quantitative estimate of drug-likeness (QED) is 0.624. The number of aryl methyl sites for hydroxylation is 1. The molecule has 4 heteroatoms. The lowest BCUT2D eigenvalue weighted by atomic mass is 9.71. The van der Waals surface area contributed by atoms with Crippen molar-refractivity contribution >= 4 is 38.9 Å². The Morgan fingerprint density at radius 2 is 2.31 bits per heavy atom. The van der Waals surface area contributed by atoms with Crippen LogP contribution in [0.15, 0.2) is 0 Å². The molecule has 0 radical (unpaired) electrons. The number of nitrogen functional groups attached to an aromatic ring is 1. The summed E-state index contributed by atoms with van der Waals surface area (Å²) in [6, 6.07) is 2.30. The molecular formula is C12H15IN2S. The molecule has 1 aliphatic rings. The number of hydrogen-bond acceptors (Lipinski definition) is 3. The molecule has 1 unspecified atom stereocenters. The molecule has 2 rings (SSSR count). The van der Waals surface area contributed by atoms with Gasteiger partial charge in [-0.2, -0.15) is 5.26 Å².